The summed E-state index contributed by atoms with van der Waals surface area (Å²) in [6.45, 7) is 1.83. The molecule has 1 N–H and O–H groups in total. The molecule has 0 aromatic heterocycles. The third kappa shape index (κ3) is 2.87. The molecule has 0 fully saturated rings. The molecule has 0 amide bonds. The molecule has 0 radical (unpaired) electrons. The Morgan fingerprint density at radius 1 is 1.50 bits per heavy atom. The van der Waals surface area contributed by atoms with Gasteiger partial charge in [-0.3, -0.25) is 0 Å². The van der Waals surface area contributed by atoms with E-state index >= 15 is 0 Å². The second kappa shape index (κ2) is 5.72. The highest BCUT2D eigenvalue weighted by atomic mass is 35.5. The molecular formula is C10H9Cl2NO3. The number of ether oxygens (including phenoxy) is 1. The maximum Gasteiger partial charge on any atom is 0.361 e. The van der Waals surface area contributed by atoms with Crippen molar-refractivity contribution in [3.8, 4) is 0 Å². The second-order valence-electron chi connectivity index (χ2n) is 2.79. The first-order valence-corrected chi connectivity index (χ1v) is 5.20. The Bertz CT molecular complexity index is 432. The summed E-state index contributed by atoms with van der Waals surface area (Å²) in [6, 6.07) is 4.46. The fraction of sp³-hybridized carbons (Fsp3) is 0.200. The maximum absolute atomic E-state index is 11.4. The van der Waals surface area contributed by atoms with Gasteiger partial charge in [-0.2, -0.15) is 0 Å². The van der Waals surface area contributed by atoms with Crippen molar-refractivity contribution in [2.45, 2.75) is 6.92 Å². The Kier molecular flexibility index (Phi) is 4.58. The fourth-order valence-electron chi connectivity index (χ4n) is 1.09. The van der Waals surface area contributed by atoms with E-state index in [0.717, 1.165) is 0 Å². The summed E-state index contributed by atoms with van der Waals surface area (Å²) in [5.41, 5.74) is 0.0236. The normalized spacial score (nSPS) is 11.3. The molecule has 0 aliphatic heterocycles. The Balaban J connectivity index is 3.10. The smallest absolute Gasteiger partial charge is 0.361 e. The summed E-state index contributed by atoms with van der Waals surface area (Å²) in [7, 11) is 0. The molecule has 0 bridgehead atoms. The molecule has 0 heterocycles. The van der Waals surface area contributed by atoms with Crippen molar-refractivity contribution in [2.75, 3.05) is 6.61 Å². The van der Waals surface area contributed by atoms with Crippen LogP contribution in [0.3, 0.4) is 0 Å². The summed E-state index contributed by atoms with van der Waals surface area (Å²) in [5.74, 6) is -0.741. The minimum absolute atomic E-state index is 0.184. The average Bonchev–Trinajstić information content (AvgIpc) is 2.22. The second-order valence-corrected chi connectivity index (χ2v) is 3.64. The quantitative estimate of drug-likeness (QED) is 0.394. The molecule has 0 aliphatic carbocycles. The summed E-state index contributed by atoms with van der Waals surface area (Å²) in [6.07, 6.45) is 0. The van der Waals surface area contributed by atoms with Crippen molar-refractivity contribution in [3.63, 3.8) is 0 Å². The highest BCUT2D eigenvalue weighted by Gasteiger charge is 2.18. The fourth-order valence-corrected chi connectivity index (χ4v) is 1.58. The van der Waals surface area contributed by atoms with Crippen LogP contribution in [-0.4, -0.2) is 23.5 Å². The lowest BCUT2D eigenvalue weighted by atomic mass is 10.1. The minimum atomic E-state index is -0.741. The Morgan fingerprint density at radius 3 is 2.69 bits per heavy atom. The number of halogens is 2. The SMILES string of the molecule is CCOC(=O)/C(=N/O)c1ccc(Cl)cc1Cl. The lowest BCUT2D eigenvalue weighted by Gasteiger charge is -2.06. The molecule has 16 heavy (non-hydrogen) atoms. The van der Waals surface area contributed by atoms with Gasteiger partial charge >= 0.3 is 5.97 Å². The van der Waals surface area contributed by atoms with Gasteiger partial charge in [-0.1, -0.05) is 28.4 Å². The minimum Gasteiger partial charge on any atom is -0.461 e. The first kappa shape index (κ1) is 12.8. The number of carbonyl (C=O) groups is 1. The molecule has 0 saturated carbocycles. The highest BCUT2D eigenvalue weighted by Crippen LogP contribution is 2.22. The van der Waals surface area contributed by atoms with Crippen LogP contribution in [0.1, 0.15) is 12.5 Å². The number of nitrogens with zero attached hydrogens (tertiary/aromatic N) is 1. The first-order valence-electron chi connectivity index (χ1n) is 4.44. The predicted octanol–water partition coefficient (Wildman–Crippen LogP) is 2.73. The van der Waals surface area contributed by atoms with Crippen molar-refractivity contribution in [1.29, 1.82) is 0 Å². The summed E-state index contributed by atoms with van der Waals surface area (Å²) in [5, 5.41) is 12.3. The molecule has 1 aromatic rings. The van der Waals surface area contributed by atoms with Crippen LogP contribution in [0.4, 0.5) is 0 Å². The van der Waals surface area contributed by atoms with Gasteiger partial charge in [-0.25, -0.2) is 4.79 Å². The van der Waals surface area contributed by atoms with E-state index in [9.17, 15) is 4.79 Å². The van der Waals surface area contributed by atoms with Gasteiger partial charge in [0.15, 0.2) is 5.71 Å². The van der Waals surface area contributed by atoms with E-state index in [2.05, 4.69) is 5.16 Å². The topological polar surface area (TPSA) is 58.9 Å². The zero-order valence-electron chi connectivity index (χ0n) is 8.41. The van der Waals surface area contributed by atoms with Crippen LogP contribution >= 0.6 is 23.2 Å². The van der Waals surface area contributed by atoms with Crippen LogP contribution in [0.25, 0.3) is 0 Å². The zero-order valence-corrected chi connectivity index (χ0v) is 9.92. The molecule has 0 aliphatic rings. The molecule has 4 nitrogen and oxygen atoms in total. The van der Waals surface area contributed by atoms with Gasteiger partial charge in [0.25, 0.3) is 0 Å². The lowest BCUT2D eigenvalue weighted by Crippen LogP contribution is -2.19. The van der Waals surface area contributed by atoms with Gasteiger partial charge < -0.3 is 9.94 Å². The Morgan fingerprint density at radius 2 is 2.19 bits per heavy atom. The molecule has 6 heteroatoms. The number of esters is 1. The van der Waals surface area contributed by atoms with E-state index in [1.807, 2.05) is 0 Å². The lowest BCUT2D eigenvalue weighted by molar-refractivity contribution is -0.135. The van der Waals surface area contributed by atoms with Gasteiger partial charge in [-0.15, -0.1) is 0 Å². The van der Waals surface area contributed by atoms with Gasteiger partial charge in [-0.05, 0) is 25.1 Å². The van der Waals surface area contributed by atoms with Crippen LogP contribution in [0, 0.1) is 0 Å². The molecule has 1 aromatic carbocycles. The van der Waals surface area contributed by atoms with Crippen molar-refractivity contribution >= 4 is 34.9 Å². The maximum atomic E-state index is 11.4. The van der Waals surface area contributed by atoms with Gasteiger partial charge in [0, 0.05) is 10.6 Å². The Hall–Kier alpha value is -1.26. The van der Waals surface area contributed by atoms with Gasteiger partial charge in [0.1, 0.15) is 0 Å². The number of hydrogen-bond donors (Lipinski definition) is 1. The molecule has 0 unspecified atom stereocenters. The van der Waals surface area contributed by atoms with Crippen LogP contribution in [0.15, 0.2) is 23.4 Å². The van der Waals surface area contributed by atoms with Crippen molar-refractivity contribution in [1.82, 2.24) is 0 Å². The van der Waals surface area contributed by atoms with Crippen LogP contribution in [0.5, 0.6) is 0 Å². The number of oxime groups is 1. The molecule has 86 valence electrons. The molecule has 1 rings (SSSR count). The molecule has 0 spiro atoms. The molecule has 0 atom stereocenters. The van der Waals surface area contributed by atoms with Gasteiger partial charge in [0.05, 0.1) is 11.6 Å². The monoisotopic (exact) mass is 261 g/mol. The van der Waals surface area contributed by atoms with Crippen LogP contribution < -0.4 is 0 Å². The molecule has 0 saturated heterocycles. The number of benzene rings is 1. The van der Waals surface area contributed by atoms with Crippen molar-refractivity contribution < 1.29 is 14.7 Å². The average molecular weight is 262 g/mol. The van der Waals surface area contributed by atoms with E-state index in [-0.39, 0.29) is 22.9 Å². The standard InChI is InChI=1S/C10H9Cl2NO3/c1-2-16-10(14)9(13-15)7-4-3-6(11)5-8(7)12/h3-5,15H,2H2,1H3/b13-9+. The van der Waals surface area contributed by atoms with E-state index in [1.165, 1.54) is 18.2 Å². The third-order valence-corrected chi connectivity index (χ3v) is 2.30. The van der Waals surface area contributed by atoms with Crippen LogP contribution in [0.2, 0.25) is 10.0 Å². The largest absolute Gasteiger partial charge is 0.461 e. The number of hydrogen-bond acceptors (Lipinski definition) is 4. The predicted molar refractivity (Wildman–Crippen MR) is 61.4 cm³/mol. The summed E-state index contributed by atoms with van der Waals surface area (Å²) >= 11 is 11.6. The van der Waals surface area contributed by atoms with Gasteiger partial charge in [0.2, 0.25) is 0 Å². The van der Waals surface area contributed by atoms with Crippen molar-refractivity contribution in [2.24, 2.45) is 5.16 Å². The van der Waals surface area contributed by atoms with E-state index < -0.39 is 5.97 Å². The Labute approximate surface area is 102 Å². The first-order chi connectivity index (χ1) is 7.60. The number of rotatable bonds is 3. The number of carbonyl (C=O) groups excluding carboxylic acids is 1. The van der Waals surface area contributed by atoms with E-state index in [1.54, 1.807) is 6.92 Å². The summed E-state index contributed by atoms with van der Waals surface area (Å²) < 4.78 is 4.71. The van der Waals surface area contributed by atoms with Crippen molar-refractivity contribution in [3.05, 3.63) is 33.8 Å². The van der Waals surface area contributed by atoms with E-state index in [0.29, 0.717) is 5.02 Å². The zero-order chi connectivity index (χ0) is 12.1. The molecular weight excluding hydrogens is 253 g/mol. The van der Waals surface area contributed by atoms with Crippen LogP contribution in [-0.2, 0) is 9.53 Å². The third-order valence-electron chi connectivity index (χ3n) is 1.76. The highest BCUT2D eigenvalue weighted by molar-refractivity contribution is 6.47. The van der Waals surface area contributed by atoms with E-state index in [4.69, 9.17) is 33.1 Å². The summed E-state index contributed by atoms with van der Waals surface area (Å²) in [4.78, 5) is 11.4.